The van der Waals surface area contributed by atoms with E-state index in [0.717, 1.165) is 30.3 Å². The summed E-state index contributed by atoms with van der Waals surface area (Å²) < 4.78 is 0. The summed E-state index contributed by atoms with van der Waals surface area (Å²) in [5.74, 6) is -0.860. The molecule has 1 N–H and O–H groups in total. The molecule has 0 radical (unpaired) electrons. The van der Waals surface area contributed by atoms with Crippen LogP contribution in [0.4, 0.5) is 0 Å². The molecule has 150 valence electrons. The smallest absolute Gasteiger partial charge is 0.355 e. The lowest BCUT2D eigenvalue weighted by molar-refractivity contribution is 0.0692. The molecule has 1 aliphatic carbocycles. The number of aromatic nitrogens is 1. The summed E-state index contributed by atoms with van der Waals surface area (Å²) in [5.41, 5.74) is 3.67. The molecule has 3 nitrogen and oxygen atoms in total. The second kappa shape index (κ2) is 6.92. The Kier molecular flexibility index (Phi) is 4.03. The van der Waals surface area contributed by atoms with Crippen LogP contribution in [0.25, 0.3) is 32.3 Å². The average Bonchev–Trinajstić information content (AvgIpc) is 2.82. The number of rotatable bonds is 2. The van der Waals surface area contributed by atoms with Crippen LogP contribution in [0.15, 0.2) is 78.9 Å². The number of nitrogens with zero attached hydrogens (tertiary/aromatic N) is 1. The minimum absolute atomic E-state index is 0.113. The molecule has 0 fully saturated rings. The number of aryl methyl sites for hydroxylation is 1. The highest BCUT2D eigenvalue weighted by Gasteiger charge is 2.26. The molecule has 31 heavy (non-hydrogen) atoms. The summed E-state index contributed by atoms with van der Waals surface area (Å²) >= 11 is 0. The first-order chi connectivity index (χ1) is 15.2. The van der Waals surface area contributed by atoms with Crippen molar-refractivity contribution >= 4 is 38.3 Å². The zero-order valence-electron chi connectivity index (χ0n) is 17.0. The largest absolute Gasteiger partial charge is 0.476 e. The molecule has 6 rings (SSSR count). The average molecular weight is 403 g/mol. The van der Waals surface area contributed by atoms with E-state index in [1.54, 1.807) is 0 Å². The van der Waals surface area contributed by atoms with Gasteiger partial charge in [-0.15, -0.1) is 0 Å². The van der Waals surface area contributed by atoms with Gasteiger partial charge in [0.1, 0.15) is 0 Å². The highest BCUT2D eigenvalue weighted by molar-refractivity contribution is 6.09. The molecule has 1 aromatic heterocycles. The molecule has 0 saturated heterocycles. The van der Waals surface area contributed by atoms with E-state index in [1.807, 2.05) is 24.3 Å². The lowest BCUT2D eigenvalue weighted by Crippen LogP contribution is -2.14. The molecule has 1 heterocycles. The lowest BCUT2D eigenvalue weighted by Gasteiger charge is -2.27. The number of fused-ring (bicyclic) bond motifs is 6. The van der Waals surface area contributed by atoms with Gasteiger partial charge in [-0.1, -0.05) is 72.8 Å². The van der Waals surface area contributed by atoms with Crippen molar-refractivity contribution < 1.29 is 9.90 Å². The summed E-state index contributed by atoms with van der Waals surface area (Å²) in [6.45, 7) is 0. The molecule has 4 aromatic carbocycles. The van der Waals surface area contributed by atoms with Gasteiger partial charge in [0, 0.05) is 17.0 Å². The van der Waals surface area contributed by atoms with Crippen LogP contribution in [-0.4, -0.2) is 16.1 Å². The van der Waals surface area contributed by atoms with Crippen molar-refractivity contribution in [3.63, 3.8) is 0 Å². The molecular formula is C28H21NO2. The van der Waals surface area contributed by atoms with Gasteiger partial charge in [0.2, 0.25) is 0 Å². The third-order valence-electron chi connectivity index (χ3n) is 6.69. The van der Waals surface area contributed by atoms with E-state index < -0.39 is 5.97 Å². The van der Waals surface area contributed by atoms with Crippen molar-refractivity contribution in [1.29, 1.82) is 0 Å². The maximum absolute atomic E-state index is 11.9. The van der Waals surface area contributed by atoms with Gasteiger partial charge >= 0.3 is 5.97 Å². The molecule has 1 aliphatic rings. The summed E-state index contributed by atoms with van der Waals surface area (Å²) in [6, 6.07) is 27.1. The number of aromatic carboxylic acids is 1. The van der Waals surface area contributed by atoms with E-state index in [4.69, 9.17) is 0 Å². The fourth-order valence-electron chi connectivity index (χ4n) is 5.28. The minimum Gasteiger partial charge on any atom is -0.476 e. The molecule has 0 aliphatic heterocycles. The standard InChI is InChI=1S/C28H21NO2/c30-28(31)27-20-9-4-2-7-18(20)16-26(29-27)25-11-5-10-21-23-13-12-17-6-1-3-8-19(17)22(23)14-15-24(21)25/h1-4,6-9,12-16,25H,5,10-11H2,(H,30,31)/t25-/m1/s1. The highest BCUT2D eigenvalue weighted by Crippen LogP contribution is 2.41. The minimum atomic E-state index is -0.973. The Labute approximate surface area is 180 Å². The molecule has 3 heteroatoms. The number of carboxylic acids is 1. The van der Waals surface area contributed by atoms with Crippen LogP contribution < -0.4 is 0 Å². The SMILES string of the molecule is O=C(O)c1nc([C@@H]2CCCc3c2ccc2c3ccc3ccccc32)cc2ccccc12. The summed E-state index contributed by atoms with van der Waals surface area (Å²) in [7, 11) is 0. The zero-order valence-corrected chi connectivity index (χ0v) is 17.0. The Morgan fingerprint density at radius 1 is 0.806 bits per heavy atom. The number of benzene rings is 4. The molecule has 0 unspecified atom stereocenters. The molecule has 5 aromatic rings. The van der Waals surface area contributed by atoms with Crippen LogP contribution in [0.2, 0.25) is 0 Å². The fraction of sp³-hybridized carbons (Fsp3) is 0.143. The van der Waals surface area contributed by atoms with Crippen molar-refractivity contribution in [1.82, 2.24) is 4.98 Å². The quantitative estimate of drug-likeness (QED) is 0.333. The Morgan fingerprint density at radius 2 is 1.55 bits per heavy atom. The first kappa shape index (κ1) is 18.1. The summed E-state index contributed by atoms with van der Waals surface area (Å²) in [4.78, 5) is 16.6. The van der Waals surface area contributed by atoms with E-state index in [9.17, 15) is 9.90 Å². The predicted molar refractivity (Wildman–Crippen MR) is 125 cm³/mol. The third kappa shape index (κ3) is 2.81. The van der Waals surface area contributed by atoms with Gasteiger partial charge in [-0.25, -0.2) is 9.78 Å². The van der Waals surface area contributed by atoms with Gasteiger partial charge in [-0.2, -0.15) is 0 Å². The van der Waals surface area contributed by atoms with Crippen molar-refractivity contribution in [2.24, 2.45) is 0 Å². The van der Waals surface area contributed by atoms with Crippen molar-refractivity contribution in [2.45, 2.75) is 25.2 Å². The van der Waals surface area contributed by atoms with Crippen LogP contribution in [0.1, 0.15) is 46.1 Å². The maximum Gasteiger partial charge on any atom is 0.355 e. The van der Waals surface area contributed by atoms with Gasteiger partial charge < -0.3 is 5.11 Å². The first-order valence-electron chi connectivity index (χ1n) is 10.8. The Morgan fingerprint density at radius 3 is 2.39 bits per heavy atom. The van der Waals surface area contributed by atoms with Crippen LogP contribution in [0.5, 0.6) is 0 Å². The highest BCUT2D eigenvalue weighted by atomic mass is 16.4. The number of carboxylic acid groups (broad SMARTS) is 1. The van der Waals surface area contributed by atoms with Gasteiger partial charge in [-0.05, 0) is 63.4 Å². The second-order valence-electron chi connectivity index (χ2n) is 8.38. The van der Waals surface area contributed by atoms with E-state index >= 15 is 0 Å². The molecule has 1 atom stereocenters. The lowest BCUT2D eigenvalue weighted by atomic mass is 9.78. The first-order valence-corrected chi connectivity index (χ1v) is 10.8. The second-order valence-corrected chi connectivity index (χ2v) is 8.38. The number of carbonyl (C=O) groups is 1. The fourth-order valence-corrected chi connectivity index (χ4v) is 5.28. The number of hydrogen-bond donors (Lipinski definition) is 1. The molecule has 0 amide bonds. The molecule has 0 bridgehead atoms. The van der Waals surface area contributed by atoms with Gasteiger partial charge in [0.15, 0.2) is 5.69 Å². The van der Waals surface area contributed by atoms with Gasteiger partial charge in [-0.3, -0.25) is 0 Å². The third-order valence-corrected chi connectivity index (χ3v) is 6.69. The molecule has 0 saturated carbocycles. The zero-order chi connectivity index (χ0) is 20.9. The van der Waals surface area contributed by atoms with Crippen molar-refractivity contribution in [3.8, 4) is 0 Å². The van der Waals surface area contributed by atoms with E-state index in [1.165, 1.54) is 32.7 Å². The Hall–Kier alpha value is -3.72. The maximum atomic E-state index is 11.9. The van der Waals surface area contributed by atoms with E-state index in [2.05, 4.69) is 59.6 Å². The van der Waals surface area contributed by atoms with Crippen molar-refractivity contribution in [2.75, 3.05) is 0 Å². The summed E-state index contributed by atoms with van der Waals surface area (Å²) in [6.07, 6.45) is 3.10. The van der Waals surface area contributed by atoms with Crippen molar-refractivity contribution in [3.05, 3.63) is 101 Å². The monoisotopic (exact) mass is 403 g/mol. The van der Waals surface area contributed by atoms with E-state index in [-0.39, 0.29) is 11.6 Å². The van der Waals surface area contributed by atoms with Crippen LogP contribution in [0.3, 0.4) is 0 Å². The summed E-state index contributed by atoms with van der Waals surface area (Å²) in [5, 5.41) is 16.5. The molecular weight excluding hydrogens is 382 g/mol. The predicted octanol–water partition coefficient (Wildman–Crippen LogP) is 6.71. The van der Waals surface area contributed by atoms with Gasteiger partial charge in [0.25, 0.3) is 0 Å². The number of hydrogen-bond acceptors (Lipinski definition) is 2. The molecule has 0 spiro atoms. The normalized spacial score (nSPS) is 15.9. The van der Waals surface area contributed by atoms with Crippen LogP contribution in [0, 0.1) is 0 Å². The van der Waals surface area contributed by atoms with Gasteiger partial charge in [0.05, 0.1) is 0 Å². The Bertz CT molecular complexity index is 1500. The van der Waals surface area contributed by atoms with Crippen LogP contribution >= 0.6 is 0 Å². The Balaban J connectivity index is 1.58. The van der Waals surface area contributed by atoms with E-state index in [0.29, 0.717) is 5.39 Å². The number of pyridine rings is 1. The van der Waals surface area contributed by atoms with Crippen LogP contribution in [-0.2, 0) is 6.42 Å². The topological polar surface area (TPSA) is 50.2 Å².